The molecule has 0 saturated carbocycles. The summed E-state index contributed by atoms with van der Waals surface area (Å²) in [6, 6.07) is 22.5. The molecule has 0 bridgehead atoms. The van der Waals surface area contributed by atoms with Crippen LogP contribution in [0, 0.1) is 0 Å². The summed E-state index contributed by atoms with van der Waals surface area (Å²) in [7, 11) is 0. The van der Waals surface area contributed by atoms with E-state index in [1.54, 1.807) is 0 Å². The zero-order valence-electron chi connectivity index (χ0n) is 11.1. The Morgan fingerprint density at radius 3 is 2.35 bits per heavy atom. The SMILES string of the molecule is OCCOc1ccccc1-c1cccc2ccccc12. The fourth-order valence-electron chi connectivity index (χ4n) is 2.43. The summed E-state index contributed by atoms with van der Waals surface area (Å²) >= 11 is 0. The molecule has 0 aliphatic heterocycles. The molecule has 3 aromatic rings. The van der Waals surface area contributed by atoms with Gasteiger partial charge in [0.05, 0.1) is 6.61 Å². The van der Waals surface area contributed by atoms with Crippen molar-refractivity contribution in [2.24, 2.45) is 0 Å². The smallest absolute Gasteiger partial charge is 0.127 e. The normalized spacial score (nSPS) is 10.7. The largest absolute Gasteiger partial charge is 0.491 e. The molecule has 100 valence electrons. The minimum atomic E-state index is 0.0177. The number of ether oxygens (including phenoxy) is 1. The first-order valence-corrected chi connectivity index (χ1v) is 6.71. The first-order valence-electron chi connectivity index (χ1n) is 6.71. The van der Waals surface area contributed by atoms with Crippen molar-refractivity contribution in [3.63, 3.8) is 0 Å². The average molecular weight is 264 g/mol. The molecule has 0 aliphatic rings. The van der Waals surface area contributed by atoms with Gasteiger partial charge in [-0.15, -0.1) is 0 Å². The quantitative estimate of drug-likeness (QED) is 0.775. The lowest BCUT2D eigenvalue weighted by Gasteiger charge is -2.12. The third kappa shape index (κ3) is 2.38. The van der Waals surface area contributed by atoms with Crippen molar-refractivity contribution in [2.75, 3.05) is 13.2 Å². The number of para-hydroxylation sites is 1. The molecule has 2 nitrogen and oxygen atoms in total. The van der Waals surface area contributed by atoms with Crippen LogP contribution in [-0.4, -0.2) is 18.3 Å². The Bertz CT molecular complexity index is 714. The van der Waals surface area contributed by atoms with Crippen LogP contribution in [0.3, 0.4) is 0 Å². The Hall–Kier alpha value is -2.32. The molecule has 1 N–H and O–H groups in total. The molecule has 3 aromatic carbocycles. The van der Waals surface area contributed by atoms with E-state index in [1.165, 1.54) is 10.8 Å². The minimum Gasteiger partial charge on any atom is -0.491 e. The molecule has 0 heterocycles. The van der Waals surface area contributed by atoms with Gasteiger partial charge in [-0.2, -0.15) is 0 Å². The summed E-state index contributed by atoms with van der Waals surface area (Å²) in [5.74, 6) is 0.804. The van der Waals surface area contributed by atoms with Crippen LogP contribution >= 0.6 is 0 Å². The molecule has 20 heavy (non-hydrogen) atoms. The molecular weight excluding hydrogens is 248 g/mol. The fourth-order valence-corrected chi connectivity index (χ4v) is 2.43. The molecule has 3 rings (SSSR count). The first-order chi connectivity index (χ1) is 9.90. The van der Waals surface area contributed by atoms with Gasteiger partial charge >= 0.3 is 0 Å². The van der Waals surface area contributed by atoms with Gasteiger partial charge in [0.1, 0.15) is 12.4 Å². The molecule has 0 atom stereocenters. The number of hydrogen-bond donors (Lipinski definition) is 1. The number of aliphatic hydroxyl groups is 1. The highest BCUT2D eigenvalue weighted by atomic mass is 16.5. The standard InChI is InChI=1S/C18H16O2/c19-12-13-20-18-11-4-3-9-17(18)16-10-5-7-14-6-1-2-8-15(14)16/h1-11,19H,12-13H2. The van der Waals surface area contributed by atoms with Crippen LogP contribution < -0.4 is 4.74 Å². The van der Waals surface area contributed by atoms with Gasteiger partial charge in [-0.05, 0) is 22.4 Å². The van der Waals surface area contributed by atoms with Gasteiger partial charge in [0.15, 0.2) is 0 Å². The van der Waals surface area contributed by atoms with Crippen LogP contribution in [0.4, 0.5) is 0 Å². The summed E-state index contributed by atoms with van der Waals surface area (Å²) in [6.45, 7) is 0.325. The van der Waals surface area contributed by atoms with Crippen LogP contribution in [0.25, 0.3) is 21.9 Å². The summed E-state index contributed by atoms with van der Waals surface area (Å²) in [4.78, 5) is 0. The number of rotatable bonds is 4. The van der Waals surface area contributed by atoms with Crippen LogP contribution in [0.15, 0.2) is 66.7 Å². The maximum Gasteiger partial charge on any atom is 0.127 e. The third-order valence-corrected chi connectivity index (χ3v) is 3.32. The highest BCUT2D eigenvalue weighted by Gasteiger charge is 2.08. The van der Waals surface area contributed by atoms with E-state index < -0.39 is 0 Å². The summed E-state index contributed by atoms with van der Waals surface area (Å²) in [5, 5.41) is 11.3. The van der Waals surface area contributed by atoms with Crippen molar-refractivity contribution in [3.8, 4) is 16.9 Å². The summed E-state index contributed by atoms with van der Waals surface area (Å²) in [5.41, 5.74) is 2.20. The van der Waals surface area contributed by atoms with E-state index in [0.717, 1.165) is 16.9 Å². The van der Waals surface area contributed by atoms with Crippen molar-refractivity contribution in [2.45, 2.75) is 0 Å². The Kier molecular flexibility index (Phi) is 3.66. The predicted molar refractivity (Wildman–Crippen MR) is 82.0 cm³/mol. The van der Waals surface area contributed by atoms with E-state index in [9.17, 15) is 0 Å². The zero-order chi connectivity index (χ0) is 13.8. The number of fused-ring (bicyclic) bond motifs is 1. The molecule has 0 aromatic heterocycles. The van der Waals surface area contributed by atoms with Gasteiger partial charge in [0.25, 0.3) is 0 Å². The second kappa shape index (κ2) is 5.76. The molecular formula is C18H16O2. The molecule has 0 fully saturated rings. The number of benzene rings is 3. The molecule has 0 aliphatic carbocycles. The van der Waals surface area contributed by atoms with E-state index >= 15 is 0 Å². The van der Waals surface area contributed by atoms with Crippen LogP contribution in [0.2, 0.25) is 0 Å². The Labute approximate surface area is 118 Å². The maximum absolute atomic E-state index is 8.94. The van der Waals surface area contributed by atoms with Crippen LogP contribution in [-0.2, 0) is 0 Å². The van der Waals surface area contributed by atoms with E-state index in [-0.39, 0.29) is 6.61 Å². The van der Waals surface area contributed by atoms with Gasteiger partial charge < -0.3 is 9.84 Å². The van der Waals surface area contributed by atoms with Gasteiger partial charge in [-0.25, -0.2) is 0 Å². The molecule has 0 unspecified atom stereocenters. The maximum atomic E-state index is 8.94. The molecule has 0 amide bonds. The monoisotopic (exact) mass is 264 g/mol. The van der Waals surface area contributed by atoms with E-state index in [4.69, 9.17) is 9.84 Å². The van der Waals surface area contributed by atoms with E-state index in [0.29, 0.717) is 6.61 Å². The Morgan fingerprint density at radius 1 is 0.750 bits per heavy atom. The summed E-state index contributed by atoms with van der Waals surface area (Å²) < 4.78 is 5.64. The van der Waals surface area contributed by atoms with Gasteiger partial charge in [0.2, 0.25) is 0 Å². The Morgan fingerprint density at radius 2 is 1.45 bits per heavy atom. The third-order valence-electron chi connectivity index (χ3n) is 3.32. The summed E-state index contributed by atoms with van der Waals surface area (Å²) in [6.07, 6.45) is 0. The number of aliphatic hydroxyl groups excluding tert-OH is 1. The highest BCUT2D eigenvalue weighted by molar-refractivity contribution is 5.97. The molecule has 0 spiro atoms. The van der Waals surface area contributed by atoms with Crippen LogP contribution in [0.5, 0.6) is 5.75 Å². The minimum absolute atomic E-state index is 0.0177. The van der Waals surface area contributed by atoms with Gasteiger partial charge in [0, 0.05) is 5.56 Å². The van der Waals surface area contributed by atoms with E-state index in [2.05, 4.69) is 36.4 Å². The lowest BCUT2D eigenvalue weighted by molar-refractivity contribution is 0.202. The lowest BCUT2D eigenvalue weighted by Crippen LogP contribution is -2.02. The van der Waals surface area contributed by atoms with E-state index in [1.807, 2.05) is 30.3 Å². The Balaban J connectivity index is 2.16. The highest BCUT2D eigenvalue weighted by Crippen LogP contribution is 2.34. The second-order valence-corrected chi connectivity index (χ2v) is 4.59. The fraction of sp³-hybridized carbons (Fsp3) is 0.111. The van der Waals surface area contributed by atoms with Crippen molar-refractivity contribution < 1.29 is 9.84 Å². The van der Waals surface area contributed by atoms with Gasteiger partial charge in [-0.1, -0.05) is 60.7 Å². The van der Waals surface area contributed by atoms with Crippen molar-refractivity contribution in [1.29, 1.82) is 0 Å². The zero-order valence-corrected chi connectivity index (χ0v) is 11.1. The first kappa shape index (κ1) is 12.7. The van der Waals surface area contributed by atoms with Crippen LogP contribution in [0.1, 0.15) is 0 Å². The molecule has 0 radical (unpaired) electrons. The number of hydrogen-bond acceptors (Lipinski definition) is 2. The van der Waals surface area contributed by atoms with Crippen molar-refractivity contribution >= 4 is 10.8 Å². The predicted octanol–water partition coefficient (Wildman–Crippen LogP) is 3.88. The van der Waals surface area contributed by atoms with Crippen molar-refractivity contribution in [3.05, 3.63) is 66.7 Å². The average Bonchev–Trinajstić information content (AvgIpc) is 2.53. The second-order valence-electron chi connectivity index (χ2n) is 4.59. The topological polar surface area (TPSA) is 29.5 Å². The van der Waals surface area contributed by atoms with Gasteiger partial charge in [-0.3, -0.25) is 0 Å². The lowest BCUT2D eigenvalue weighted by atomic mass is 9.98. The molecule has 2 heteroatoms. The van der Waals surface area contributed by atoms with Crippen molar-refractivity contribution in [1.82, 2.24) is 0 Å². The molecule has 0 saturated heterocycles.